The number of benzene rings is 3. The lowest BCUT2D eigenvalue weighted by atomic mass is 10.2. The molecule has 3 aromatic carbocycles. The minimum atomic E-state index is -3.98. The summed E-state index contributed by atoms with van der Waals surface area (Å²) < 4.78 is 29.1. The summed E-state index contributed by atoms with van der Waals surface area (Å²) in [7, 11) is -3.98. The minimum absolute atomic E-state index is 0.0432. The van der Waals surface area contributed by atoms with Gasteiger partial charge in [-0.05, 0) is 48.0 Å². The average molecular weight is 582 g/mol. The molecule has 0 bridgehead atoms. The number of nitrogens with one attached hydrogen (secondary N) is 2. The van der Waals surface area contributed by atoms with Crippen molar-refractivity contribution in [2.75, 3.05) is 12.0 Å². The quantitative estimate of drug-likeness (QED) is 0.272. The van der Waals surface area contributed by atoms with E-state index in [1.807, 2.05) is 4.72 Å². The zero-order valence-corrected chi connectivity index (χ0v) is 21.8. The molecule has 12 heteroatoms. The molecule has 5 rings (SSSR count). The molecule has 0 unspecified atom stereocenters. The molecule has 10 nitrogen and oxygen atoms in total. The molecule has 0 spiro atoms. The summed E-state index contributed by atoms with van der Waals surface area (Å²) in [5.74, 6) is -0.992. The first-order valence-electron chi connectivity index (χ1n) is 11.0. The lowest BCUT2D eigenvalue weighted by molar-refractivity contribution is 0.0973. The smallest absolute Gasteiger partial charge is 0.333 e. The normalized spacial score (nSPS) is 11.7. The number of anilines is 1. The number of sulfonamides is 1. The Hall–Kier alpha value is -4.16. The highest BCUT2D eigenvalue weighted by molar-refractivity contribution is 9.10. The summed E-state index contributed by atoms with van der Waals surface area (Å²) in [6, 6.07) is 18.6. The first kappa shape index (κ1) is 24.5. The van der Waals surface area contributed by atoms with Crippen LogP contribution < -0.4 is 21.7 Å². The van der Waals surface area contributed by atoms with Crippen molar-refractivity contribution in [3.05, 3.63) is 103 Å². The number of aromatic nitrogens is 3. The van der Waals surface area contributed by atoms with Gasteiger partial charge in [-0.3, -0.25) is 9.59 Å². The molecule has 0 aliphatic heterocycles. The van der Waals surface area contributed by atoms with Gasteiger partial charge in [0.2, 0.25) is 10.0 Å². The van der Waals surface area contributed by atoms with Crippen LogP contribution in [0.25, 0.3) is 27.5 Å². The van der Waals surface area contributed by atoms with Gasteiger partial charge in [0.1, 0.15) is 5.69 Å². The predicted molar refractivity (Wildman–Crippen MR) is 146 cm³/mol. The highest BCUT2D eigenvalue weighted by Crippen LogP contribution is 2.32. The Morgan fingerprint density at radius 1 is 1.03 bits per heavy atom. The zero-order valence-electron chi connectivity index (χ0n) is 19.4. The van der Waals surface area contributed by atoms with Gasteiger partial charge in [-0.15, -0.1) is 0 Å². The van der Waals surface area contributed by atoms with E-state index in [2.05, 4.69) is 20.9 Å². The maximum Gasteiger partial charge on any atom is 0.333 e. The molecule has 0 aliphatic carbocycles. The Morgan fingerprint density at radius 2 is 1.78 bits per heavy atom. The Bertz CT molecular complexity index is 1960. The fourth-order valence-electron chi connectivity index (χ4n) is 4.39. The van der Waals surface area contributed by atoms with Crippen LogP contribution in [0.1, 0.15) is 16.1 Å². The maximum absolute atomic E-state index is 13.6. The molecule has 37 heavy (non-hydrogen) atoms. The van der Waals surface area contributed by atoms with E-state index >= 15 is 0 Å². The van der Waals surface area contributed by atoms with Gasteiger partial charge in [0.25, 0.3) is 11.5 Å². The molecular weight excluding hydrogens is 562 g/mol. The van der Waals surface area contributed by atoms with Crippen LogP contribution in [0, 0.1) is 0 Å². The van der Waals surface area contributed by atoms with Gasteiger partial charge in [0.15, 0.2) is 0 Å². The standard InChI is InChI=1S/C25H20BrN5O5S/c1-37(35,36)29-23(32)22-21(31-24(33)17-7-2-3-8-19(17)28-25(31)34)18-12-15(26)9-10-20(18)30(22)13-14-5-4-6-16(27)11-14/h2-12H,13,27H2,1H3,(H,28,34)(H,29,32). The number of carbonyl (C=O) groups is 1. The highest BCUT2D eigenvalue weighted by Gasteiger charge is 2.28. The average Bonchev–Trinajstić information content (AvgIpc) is 3.11. The second-order valence-corrected chi connectivity index (χ2v) is 11.2. The molecule has 0 atom stereocenters. The number of nitrogens with two attached hydrogens (primary N) is 1. The number of H-pyrrole nitrogens is 1. The molecule has 0 saturated carbocycles. The zero-order chi connectivity index (χ0) is 26.5. The van der Waals surface area contributed by atoms with E-state index in [0.717, 1.165) is 16.4 Å². The van der Waals surface area contributed by atoms with E-state index in [1.54, 1.807) is 71.3 Å². The number of nitrogen functional groups attached to an aromatic ring is 1. The second kappa shape index (κ2) is 9.05. The first-order valence-corrected chi connectivity index (χ1v) is 13.6. The van der Waals surface area contributed by atoms with Crippen molar-refractivity contribution in [3.63, 3.8) is 0 Å². The van der Waals surface area contributed by atoms with Crippen LogP contribution in [0.5, 0.6) is 0 Å². The molecule has 5 aromatic rings. The number of carbonyl (C=O) groups excluding carboxylic acids is 1. The van der Waals surface area contributed by atoms with Crippen LogP contribution in [-0.4, -0.2) is 34.7 Å². The Kier molecular flexibility index (Phi) is 6.00. The summed E-state index contributed by atoms with van der Waals surface area (Å²) in [4.78, 5) is 43.1. The summed E-state index contributed by atoms with van der Waals surface area (Å²) >= 11 is 3.42. The molecule has 0 saturated heterocycles. The molecule has 2 heterocycles. The van der Waals surface area contributed by atoms with Crippen molar-refractivity contribution < 1.29 is 13.2 Å². The number of amides is 1. The van der Waals surface area contributed by atoms with Crippen molar-refractivity contribution in [2.45, 2.75) is 6.54 Å². The Labute approximate surface area is 218 Å². The monoisotopic (exact) mass is 581 g/mol. The van der Waals surface area contributed by atoms with Gasteiger partial charge in [-0.2, -0.15) is 0 Å². The topological polar surface area (TPSA) is 149 Å². The van der Waals surface area contributed by atoms with Gasteiger partial charge in [-0.25, -0.2) is 22.5 Å². The fourth-order valence-corrected chi connectivity index (χ4v) is 5.18. The maximum atomic E-state index is 13.6. The number of fused-ring (bicyclic) bond motifs is 2. The number of nitrogens with zero attached hydrogens (tertiary/aromatic N) is 2. The van der Waals surface area contributed by atoms with E-state index in [1.165, 1.54) is 0 Å². The van der Waals surface area contributed by atoms with Crippen molar-refractivity contribution in [1.82, 2.24) is 18.8 Å². The van der Waals surface area contributed by atoms with Gasteiger partial charge >= 0.3 is 5.69 Å². The lowest BCUT2D eigenvalue weighted by Gasteiger charge is -2.13. The number of aromatic amines is 1. The van der Waals surface area contributed by atoms with Crippen molar-refractivity contribution >= 4 is 59.4 Å². The van der Waals surface area contributed by atoms with Crippen molar-refractivity contribution in [2.24, 2.45) is 0 Å². The number of hydrogen-bond donors (Lipinski definition) is 3. The van der Waals surface area contributed by atoms with Crippen molar-refractivity contribution in [3.8, 4) is 5.69 Å². The van der Waals surface area contributed by atoms with Crippen molar-refractivity contribution in [1.29, 1.82) is 0 Å². The molecule has 4 N–H and O–H groups in total. The summed E-state index contributed by atoms with van der Waals surface area (Å²) in [6.45, 7) is 0.107. The highest BCUT2D eigenvalue weighted by atomic mass is 79.9. The van der Waals surface area contributed by atoms with E-state index in [0.29, 0.717) is 26.6 Å². The van der Waals surface area contributed by atoms with Crippen LogP contribution in [0.15, 0.2) is 80.8 Å². The molecule has 0 fully saturated rings. The Balaban J connectivity index is 1.93. The molecule has 0 radical (unpaired) electrons. The van der Waals surface area contributed by atoms with E-state index in [4.69, 9.17) is 5.73 Å². The summed E-state index contributed by atoms with van der Waals surface area (Å²) in [5, 5.41) is 0.614. The minimum Gasteiger partial charge on any atom is -0.399 e. The van der Waals surface area contributed by atoms with E-state index in [9.17, 15) is 22.8 Å². The van der Waals surface area contributed by atoms with Gasteiger partial charge < -0.3 is 15.3 Å². The molecule has 1 amide bonds. The van der Waals surface area contributed by atoms with Gasteiger partial charge in [0, 0.05) is 22.1 Å². The third-order valence-electron chi connectivity index (χ3n) is 5.81. The Morgan fingerprint density at radius 3 is 2.51 bits per heavy atom. The summed E-state index contributed by atoms with van der Waals surface area (Å²) in [5.41, 5.74) is 6.35. The molecule has 0 aliphatic rings. The largest absolute Gasteiger partial charge is 0.399 e. The third kappa shape index (κ3) is 4.56. The van der Waals surface area contributed by atoms with Crippen LogP contribution in [0.4, 0.5) is 5.69 Å². The first-order chi connectivity index (χ1) is 17.5. The molecule has 188 valence electrons. The number of para-hydroxylation sites is 1. The second-order valence-electron chi connectivity index (χ2n) is 8.51. The molecular formula is C25H20BrN5O5S. The number of rotatable bonds is 5. The molecule has 2 aromatic heterocycles. The van der Waals surface area contributed by atoms with Crippen LogP contribution in [0.3, 0.4) is 0 Å². The number of hydrogen-bond acceptors (Lipinski definition) is 6. The summed E-state index contributed by atoms with van der Waals surface area (Å²) in [6.07, 6.45) is 0.848. The van der Waals surface area contributed by atoms with E-state index < -0.39 is 27.2 Å². The van der Waals surface area contributed by atoms with Crippen LogP contribution >= 0.6 is 15.9 Å². The third-order valence-corrected chi connectivity index (χ3v) is 6.86. The van der Waals surface area contributed by atoms with Crippen LogP contribution in [0.2, 0.25) is 0 Å². The van der Waals surface area contributed by atoms with Gasteiger partial charge in [0.05, 0.1) is 28.4 Å². The van der Waals surface area contributed by atoms with Gasteiger partial charge in [-0.1, -0.05) is 40.2 Å². The predicted octanol–water partition coefficient (Wildman–Crippen LogP) is 2.72. The lowest BCUT2D eigenvalue weighted by Crippen LogP contribution is -2.37. The number of halogens is 1. The fraction of sp³-hybridized carbons (Fsp3) is 0.0800. The SMILES string of the molecule is CS(=O)(=O)NC(=O)c1c(-n2c(=O)[nH]c3ccccc3c2=O)c2cc(Br)ccc2n1Cc1cccc(N)c1. The van der Waals surface area contributed by atoms with E-state index in [-0.39, 0.29) is 23.3 Å². The van der Waals surface area contributed by atoms with Crippen LogP contribution in [-0.2, 0) is 16.6 Å².